The van der Waals surface area contributed by atoms with Crippen molar-refractivity contribution in [2.75, 3.05) is 18.1 Å². The second-order valence-corrected chi connectivity index (χ2v) is 8.39. The van der Waals surface area contributed by atoms with Crippen molar-refractivity contribution in [2.24, 2.45) is 0 Å². The first-order valence-electron chi connectivity index (χ1n) is 11.3. The van der Waals surface area contributed by atoms with Crippen LogP contribution in [0.25, 0.3) is 0 Å². The molecule has 0 aliphatic carbocycles. The van der Waals surface area contributed by atoms with E-state index in [1.807, 2.05) is 69.3 Å². The molecule has 2 heterocycles. The quantitative estimate of drug-likeness (QED) is 0.545. The molecule has 1 aliphatic rings. The summed E-state index contributed by atoms with van der Waals surface area (Å²) < 4.78 is 7.08. The van der Waals surface area contributed by atoms with Gasteiger partial charge in [0.2, 0.25) is 11.9 Å². The van der Waals surface area contributed by atoms with Gasteiger partial charge in [-0.25, -0.2) is 9.48 Å². The van der Waals surface area contributed by atoms with Gasteiger partial charge in [0.25, 0.3) is 0 Å². The molecule has 0 saturated carbocycles. The van der Waals surface area contributed by atoms with Crippen LogP contribution in [-0.2, 0) is 20.9 Å². The maximum absolute atomic E-state index is 13.1. The topological polar surface area (TPSA) is 89.3 Å². The van der Waals surface area contributed by atoms with Gasteiger partial charge in [-0.2, -0.15) is 10.1 Å². The number of hydrogen-bond donors (Lipinski definition) is 1. The number of nitrogens with zero attached hydrogens (tertiary/aromatic N) is 4. The van der Waals surface area contributed by atoms with Crippen LogP contribution in [-0.4, -0.2) is 39.8 Å². The molecule has 0 fully saturated rings. The lowest BCUT2D eigenvalue weighted by Gasteiger charge is -2.35. The first-order chi connectivity index (χ1) is 16.4. The smallest absolute Gasteiger partial charge is 0.338 e. The van der Waals surface area contributed by atoms with Crippen molar-refractivity contribution in [3.8, 4) is 0 Å². The maximum Gasteiger partial charge on any atom is 0.338 e. The van der Waals surface area contributed by atoms with Crippen LogP contribution in [0.15, 0.2) is 66.1 Å². The zero-order valence-corrected chi connectivity index (χ0v) is 19.9. The molecule has 0 spiro atoms. The summed E-state index contributed by atoms with van der Waals surface area (Å²) in [7, 11) is 0. The van der Waals surface area contributed by atoms with E-state index in [0.717, 1.165) is 22.3 Å². The number of aromatic nitrogens is 3. The van der Waals surface area contributed by atoms with Gasteiger partial charge in [-0.1, -0.05) is 59.7 Å². The molecular formula is C26H29N5O3. The largest absolute Gasteiger partial charge is 0.463 e. The van der Waals surface area contributed by atoms with Gasteiger partial charge >= 0.3 is 5.97 Å². The Morgan fingerprint density at radius 2 is 1.65 bits per heavy atom. The minimum Gasteiger partial charge on any atom is -0.463 e. The van der Waals surface area contributed by atoms with Gasteiger partial charge in [0.05, 0.1) is 12.2 Å². The minimum atomic E-state index is -0.496. The number of anilines is 1. The number of allylic oxidation sites excluding steroid dienone is 1. The summed E-state index contributed by atoms with van der Waals surface area (Å²) in [4.78, 5) is 32.1. The fourth-order valence-corrected chi connectivity index (χ4v) is 4.06. The average Bonchev–Trinajstić information content (AvgIpc) is 3.30. The number of rotatable bonds is 7. The van der Waals surface area contributed by atoms with E-state index in [9.17, 15) is 9.59 Å². The van der Waals surface area contributed by atoms with Crippen molar-refractivity contribution < 1.29 is 14.3 Å². The summed E-state index contributed by atoms with van der Waals surface area (Å²) >= 11 is 0. The summed E-state index contributed by atoms with van der Waals surface area (Å²) in [6.45, 7) is 8.29. The van der Waals surface area contributed by atoms with Gasteiger partial charge in [0.15, 0.2) is 0 Å². The van der Waals surface area contributed by atoms with Crippen LogP contribution in [0.1, 0.15) is 42.1 Å². The number of esters is 1. The second-order valence-electron chi connectivity index (χ2n) is 8.39. The Labute approximate surface area is 199 Å². The van der Waals surface area contributed by atoms with Crippen LogP contribution in [0.4, 0.5) is 5.95 Å². The molecule has 4 rings (SSSR count). The summed E-state index contributed by atoms with van der Waals surface area (Å²) in [5.74, 6) is -0.120. The highest BCUT2D eigenvalue weighted by molar-refractivity contribution is 5.93. The third-order valence-electron chi connectivity index (χ3n) is 5.91. The van der Waals surface area contributed by atoms with Crippen LogP contribution in [0, 0.1) is 13.8 Å². The Morgan fingerprint density at radius 3 is 2.29 bits per heavy atom. The molecule has 2 aromatic carbocycles. The van der Waals surface area contributed by atoms with Crippen molar-refractivity contribution in [1.29, 1.82) is 0 Å². The number of ether oxygens (including phenoxy) is 1. The van der Waals surface area contributed by atoms with Gasteiger partial charge in [-0.15, -0.1) is 0 Å². The van der Waals surface area contributed by atoms with E-state index in [4.69, 9.17) is 4.74 Å². The van der Waals surface area contributed by atoms with E-state index in [2.05, 4.69) is 15.4 Å². The van der Waals surface area contributed by atoms with Gasteiger partial charge in [0, 0.05) is 12.2 Å². The normalized spacial score (nSPS) is 15.2. The summed E-state index contributed by atoms with van der Waals surface area (Å²) in [6.07, 6.45) is 1.44. The van der Waals surface area contributed by atoms with Crippen LogP contribution < -0.4 is 10.2 Å². The Balaban J connectivity index is 1.65. The Morgan fingerprint density at radius 1 is 1.00 bits per heavy atom. The zero-order valence-electron chi connectivity index (χ0n) is 19.9. The Hall–Kier alpha value is -3.94. The first kappa shape index (κ1) is 23.2. The van der Waals surface area contributed by atoms with Gasteiger partial charge in [-0.3, -0.25) is 4.79 Å². The number of hydrogen-bond acceptors (Lipinski definition) is 6. The number of amides is 1. The van der Waals surface area contributed by atoms with Gasteiger partial charge < -0.3 is 15.0 Å². The minimum absolute atomic E-state index is 0.0000884. The van der Waals surface area contributed by atoms with Crippen molar-refractivity contribution in [1.82, 2.24) is 20.1 Å². The highest BCUT2D eigenvalue weighted by Crippen LogP contribution is 2.38. The standard InChI is InChI=1S/C26H29N5O3/c1-5-34-25(33)23-19(4)30(15-22(32)27-14-20-10-6-17(2)7-11-20)26-28-16-29-31(26)24(23)21-12-8-18(3)9-13-21/h6-13,16,24H,5,14-15H2,1-4H3,(H,27,32)/t24-/m1/s1. The molecule has 1 amide bonds. The number of carbonyl (C=O) groups excluding carboxylic acids is 2. The van der Waals surface area contributed by atoms with E-state index < -0.39 is 12.0 Å². The number of carbonyl (C=O) groups is 2. The highest BCUT2D eigenvalue weighted by atomic mass is 16.5. The molecule has 34 heavy (non-hydrogen) atoms. The summed E-state index contributed by atoms with van der Waals surface area (Å²) in [5.41, 5.74) is 5.25. The molecule has 0 unspecified atom stereocenters. The van der Waals surface area contributed by atoms with E-state index in [-0.39, 0.29) is 19.1 Å². The SMILES string of the molecule is CCOC(=O)C1=C(C)N(CC(=O)NCc2ccc(C)cc2)c2ncnn2[C@@H]1c1ccc(C)cc1. The predicted octanol–water partition coefficient (Wildman–Crippen LogP) is 3.46. The van der Waals surface area contributed by atoms with Crippen molar-refractivity contribution in [3.63, 3.8) is 0 Å². The van der Waals surface area contributed by atoms with E-state index in [1.165, 1.54) is 6.33 Å². The Bertz CT molecular complexity index is 1210. The lowest BCUT2D eigenvalue weighted by Crippen LogP contribution is -2.42. The van der Waals surface area contributed by atoms with Crippen LogP contribution >= 0.6 is 0 Å². The number of nitrogens with one attached hydrogen (secondary N) is 1. The number of benzene rings is 2. The molecule has 1 aliphatic heterocycles. The molecule has 1 aromatic heterocycles. The third kappa shape index (κ3) is 4.71. The molecular weight excluding hydrogens is 430 g/mol. The lowest BCUT2D eigenvalue weighted by atomic mass is 9.94. The molecule has 8 nitrogen and oxygen atoms in total. The van der Waals surface area contributed by atoms with Crippen molar-refractivity contribution in [2.45, 2.75) is 40.3 Å². The van der Waals surface area contributed by atoms with Crippen LogP contribution in [0.2, 0.25) is 0 Å². The first-order valence-corrected chi connectivity index (χ1v) is 11.3. The number of fused-ring (bicyclic) bond motifs is 1. The Kier molecular flexibility index (Phi) is 6.77. The molecule has 0 saturated heterocycles. The predicted molar refractivity (Wildman–Crippen MR) is 129 cm³/mol. The molecule has 3 aromatic rings. The lowest BCUT2D eigenvalue weighted by molar-refractivity contribution is -0.139. The summed E-state index contributed by atoms with van der Waals surface area (Å²) in [5, 5.41) is 7.36. The molecule has 8 heteroatoms. The summed E-state index contributed by atoms with van der Waals surface area (Å²) in [6, 6.07) is 15.4. The van der Waals surface area contributed by atoms with Crippen LogP contribution in [0.3, 0.4) is 0 Å². The molecule has 0 bridgehead atoms. The molecule has 1 N–H and O–H groups in total. The van der Waals surface area contributed by atoms with Crippen molar-refractivity contribution in [3.05, 3.63) is 88.4 Å². The monoisotopic (exact) mass is 459 g/mol. The van der Waals surface area contributed by atoms with Gasteiger partial charge in [0.1, 0.15) is 18.9 Å². The van der Waals surface area contributed by atoms with Gasteiger partial charge in [-0.05, 0) is 38.8 Å². The fourth-order valence-electron chi connectivity index (χ4n) is 4.06. The third-order valence-corrected chi connectivity index (χ3v) is 5.91. The highest BCUT2D eigenvalue weighted by Gasteiger charge is 2.38. The zero-order chi connectivity index (χ0) is 24.2. The molecule has 0 radical (unpaired) electrons. The second kappa shape index (κ2) is 9.91. The molecule has 1 atom stereocenters. The fraction of sp³-hybridized carbons (Fsp3) is 0.308. The average molecular weight is 460 g/mol. The van der Waals surface area contributed by atoms with E-state index >= 15 is 0 Å². The van der Waals surface area contributed by atoms with E-state index in [1.54, 1.807) is 16.5 Å². The van der Waals surface area contributed by atoms with E-state index in [0.29, 0.717) is 23.8 Å². The van der Waals surface area contributed by atoms with Crippen molar-refractivity contribution >= 4 is 17.8 Å². The number of aryl methyl sites for hydroxylation is 2. The molecule has 176 valence electrons. The maximum atomic E-state index is 13.1. The van der Waals surface area contributed by atoms with Crippen LogP contribution in [0.5, 0.6) is 0 Å².